The molecule has 0 bridgehead atoms. The number of hydrogen-bond donors (Lipinski definition) is 1. The lowest BCUT2D eigenvalue weighted by Gasteiger charge is -2.42. The number of alkyl carbamates (subject to hydrolysis) is 1. The number of benzene rings is 2. The van der Waals surface area contributed by atoms with Crippen LogP contribution in [-0.4, -0.2) is 58.9 Å². The van der Waals surface area contributed by atoms with Gasteiger partial charge in [0.2, 0.25) is 5.91 Å². The molecule has 2 atom stereocenters. The Hall–Kier alpha value is -3.68. The predicted molar refractivity (Wildman–Crippen MR) is 123 cm³/mol. The topological polar surface area (TPSA) is 96.0 Å². The van der Waals surface area contributed by atoms with Crippen LogP contribution in [0.5, 0.6) is 0 Å². The minimum absolute atomic E-state index is 0.0933. The summed E-state index contributed by atoms with van der Waals surface area (Å²) in [5, 5.41) is 5.28. The van der Waals surface area contributed by atoms with Crippen LogP contribution in [0.4, 0.5) is 4.79 Å². The van der Waals surface area contributed by atoms with Crippen LogP contribution in [0.25, 0.3) is 11.1 Å². The Balaban J connectivity index is 1.29. The average molecular weight is 462 g/mol. The summed E-state index contributed by atoms with van der Waals surface area (Å²) in [5.41, 5.74) is 4.46. The summed E-state index contributed by atoms with van der Waals surface area (Å²) in [6.45, 7) is 1.95. The first-order valence-electron chi connectivity index (χ1n) is 11.7. The highest BCUT2D eigenvalue weighted by Crippen LogP contribution is 2.44. The molecule has 3 aliphatic rings. The van der Waals surface area contributed by atoms with Crippen LogP contribution in [0.3, 0.4) is 0 Å². The minimum atomic E-state index is -0.926. The molecule has 2 aromatic rings. The quantitative estimate of drug-likeness (QED) is 0.755. The van der Waals surface area contributed by atoms with Gasteiger partial charge in [0.1, 0.15) is 18.7 Å². The maximum absolute atomic E-state index is 13.3. The van der Waals surface area contributed by atoms with E-state index in [1.54, 1.807) is 0 Å². The van der Waals surface area contributed by atoms with Crippen molar-refractivity contribution in [3.05, 3.63) is 59.7 Å². The Labute approximate surface area is 197 Å². The Bertz CT molecular complexity index is 1120. The molecule has 2 fully saturated rings. The maximum atomic E-state index is 13.3. The molecule has 0 saturated carbocycles. The molecular weight excluding hydrogens is 434 g/mol. The molecule has 0 aromatic heterocycles. The summed E-state index contributed by atoms with van der Waals surface area (Å²) in [6.07, 6.45) is 0.727. The van der Waals surface area contributed by atoms with E-state index in [9.17, 15) is 19.2 Å². The summed E-state index contributed by atoms with van der Waals surface area (Å²) in [5.74, 6) is -0.924. The van der Waals surface area contributed by atoms with Crippen molar-refractivity contribution in [2.75, 3.05) is 13.2 Å². The fourth-order valence-corrected chi connectivity index (χ4v) is 5.32. The highest BCUT2D eigenvalue weighted by atomic mass is 16.5. The van der Waals surface area contributed by atoms with Crippen LogP contribution in [0.15, 0.2) is 48.5 Å². The summed E-state index contributed by atoms with van der Waals surface area (Å²) < 4.78 is 5.58. The van der Waals surface area contributed by atoms with E-state index in [1.165, 1.54) is 16.9 Å². The fourth-order valence-electron chi connectivity index (χ4n) is 5.32. The minimum Gasteiger partial charge on any atom is -0.449 e. The van der Waals surface area contributed by atoms with Crippen molar-refractivity contribution >= 4 is 23.7 Å². The summed E-state index contributed by atoms with van der Waals surface area (Å²) in [6, 6.07) is 14.5. The smallest absolute Gasteiger partial charge is 0.407 e. The fraction of sp³-hybridized carbons (Fsp3) is 0.385. The van der Waals surface area contributed by atoms with E-state index in [2.05, 4.69) is 17.4 Å². The van der Waals surface area contributed by atoms with Crippen LogP contribution >= 0.6 is 0 Å². The summed E-state index contributed by atoms with van der Waals surface area (Å²) >= 11 is 0. The van der Waals surface area contributed by atoms with E-state index in [-0.39, 0.29) is 37.1 Å². The number of amides is 3. The number of carbonyl (C=O) groups excluding carboxylic acids is 4. The molecule has 1 aliphatic carbocycles. The van der Waals surface area contributed by atoms with Gasteiger partial charge in [-0.1, -0.05) is 48.5 Å². The number of nitrogens with one attached hydrogen (secondary N) is 1. The number of hydrazine groups is 1. The first-order chi connectivity index (χ1) is 16.5. The number of hydrogen-bond acceptors (Lipinski definition) is 5. The lowest BCUT2D eigenvalue weighted by Crippen LogP contribution is -2.61. The van der Waals surface area contributed by atoms with Crippen molar-refractivity contribution in [2.45, 2.75) is 50.6 Å². The third kappa shape index (κ3) is 3.83. The van der Waals surface area contributed by atoms with Crippen molar-refractivity contribution in [2.24, 2.45) is 0 Å². The Morgan fingerprint density at radius 2 is 1.65 bits per heavy atom. The van der Waals surface area contributed by atoms with E-state index in [4.69, 9.17) is 4.74 Å². The molecule has 8 nitrogen and oxygen atoms in total. The number of ether oxygens (including phenoxy) is 1. The van der Waals surface area contributed by atoms with Crippen LogP contribution in [0, 0.1) is 0 Å². The van der Waals surface area contributed by atoms with E-state index in [0.29, 0.717) is 19.4 Å². The molecule has 2 heterocycles. The first kappa shape index (κ1) is 22.1. The largest absolute Gasteiger partial charge is 0.449 e. The average Bonchev–Trinajstić information content (AvgIpc) is 3.11. The van der Waals surface area contributed by atoms with Crippen molar-refractivity contribution in [3.8, 4) is 11.1 Å². The van der Waals surface area contributed by atoms with Gasteiger partial charge < -0.3 is 10.1 Å². The number of rotatable bonds is 4. The van der Waals surface area contributed by atoms with Crippen molar-refractivity contribution in [1.82, 2.24) is 15.3 Å². The zero-order valence-corrected chi connectivity index (χ0v) is 19.0. The Kier molecular flexibility index (Phi) is 5.81. The van der Waals surface area contributed by atoms with Crippen LogP contribution in [0.2, 0.25) is 0 Å². The second-order valence-corrected chi connectivity index (χ2v) is 9.03. The molecule has 176 valence electrons. The normalized spacial score (nSPS) is 21.9. The van der Waals surface area contributed by atoms with Gasteiger partial charge in [0.15, 0.2) is 5.78 Å². The van der Waals surface area contributed by atoms with E-state index >= 15 is 0 Å². The van der Waals surface area contributed by atoms with Crippen molar-refractivity contribution in [1.29, 1.82) is 0 Å². The summed E-state index contributed by atoms with van der Waals surface area (Å²) in [4.78, 5) is 50.8. The lowest BCUT2D eigenvalue weighted by atomic mass is 9.98. The molecule has 34 heavy (non-hydrogen) atoms. The molecule has 8 heteroatoms. The molecule has 0 spiro atoms. The molecule has 5 rings (SSSR count). The standard InChI is InChI=1S/C26H27N3O5/c1-16(30)23-11-6-14-28-24(31)13-12-22(25(32)29(23)28)27-26(33)34-15-21-19-9-4-2-7-17(19)18-8-3-5-10-20(18)21/h2-5,7-10,21-23H,6,11-15H2,1H3,(H,27,33)/t22-,23-/m0/s1. The second kappa shape index (κ2) is 8.93. The SMILES string of the molecule is CC(=O)[C@@H]1CCCN2C(=O)CC[C@H](NC(=O)OCC3c4ccccc4-c4ccccc43)C(=O)N12. The Morgan fingerprint density at radius 3 is 2.29 bits per heavy atom. The van der Waals surface area contributed by atoms with Gasteiger partial charge in [0, 0.05) is 18.9 Å². The third-order valence-electron chi connectivity index (χ3n) is 6.97. The van der Waals surface area contributed by atoms with E-state index < -0.39 is 24.1 Å². The van der Waals surface area contributed by atoms with Gasteiger partial charge in [-0.05, 0) is 48.4 Å². The van der Waals surface area contributed by atoms with Crippen LogP contribution in [-0.2, 0) is 19.1 Å². The molecule has 2 aromatic carbocycles. The molecular formula is C26H27N3O5. The van der Waals surface area contributed by atoms with Gasteiger partial charge in [-0.25, -0.2) is 9.80 Å². The highest BCUT2D eigenvalue weighted by Gasteiger charge is 2.43. The van der Waals surface area contributed by atoms with Gasteiger partial charge in [0.05, 0.1) is 0 Å². The lowest BCUT2D eigenvalue weighted by molar-refractivity contribution is -0.175. The molecule has 3 amide bonds. The molecule has 1 N–H and O–H groups in total. The molecule has 2 saturated heterocycles. The number of carbonyl (C=O) groups is 4. The van der Waals surface area contributed by atoms with Gasteiger partial charge >= 0.3 is 6.09 Å². The zero-order valence-electron chi connectivity index (χ0n) is 19.0. The number of fused-ring (bicyclic) bond motifs is 4. The van der Waals surface area contributed by atoms with E-state index in [1.807, 2.05) is 36.4 Å². The van der Waals surface area contributed by atoms with Crippen LogP contribution in [0.1, 0.15) is 49.7 Å². The Morgan fingerprint density at radius 1 is 1.00 bits per heavy atom. The second-order valence-electron chi connectivity index (χ2n) is 9.03. The van der Waals surface area contributed by atoms with Crippen LogP contribution < -0.4 is 5.32 Å². The third-order valence-corrected chi connectivity index (χ3v) is 6.97. The molecule has 2 aliphatic heterocycles. The molecule has 0 unspecified atom stereocenters. The van der Waals surface area contributed by atoms with Gasteiger partial charge in [-0.2, -0.15) is 0 Å². The zero-order chi connectivity index (χ0) is 23.8. The van der Waals surface area contributed by atoms with Gasteiger partial charge in [0.25, 0.3) is 5.91 Å². The monoisotopic (exact) mass is 461 g/mol. The number of ketones is 1. The van der Waals surface area contributed by atoms with Crippen molar-refractivity contribution < 1.29 is 23.9 Å². The highest BCUT2D eigenvalue weighted by molar-refractivity contribution is 5.94. The predicted octanol–water partition coefficient (Wildman–Crippen LogP) is 3.01. The number of nitrogens with zero attached hydrogens (tertiary/aromatic N) is 2. The van der Waals surface area contributed by atoms with Crippen molar-refractivity contribution in [3.63, 3.8) is 0 Å². The van der Waals surface area contributed by atoms with E-state index in [0.717, 1.165) is 22.3 Å². The maximum Gasteiger partial charge on any atom is 0.407 e. The number of Topliss-reactive ketones (excluding diaryl/α,β-unsaturated/α-hetero) is 1. The van der Waals surface area contributed by atoms with Gasteiger partial charge in [-0.3, -0.25) is 19.4 Å². The van der Waals surface area contributed by atoms with Gasteiger partial charge in [-0.15, -0.1) is 0 Å². The first-order valence-corrected chi connectivity index (χ1v) is 11.7. The molecule has 0 radical (unpaired) electrons. The summed E-state index contributed by atoms with van der Waals surface area (Å²) in [7, 11) is 0.